The third-order valence-electron chi connectivity index (χ3n) is 3.05. The van der Waals surface area contributed by atoms with Crippen LogP contribution in [-0.2, 0) is 20.9 Å². The number of carbonyl (C=O) groups is 2. The summed E-state index contributed by atoms with van der Waals surface area (Å²) in [5.74, 6) is -0.752. The maximum Gasteiger partial charge on any atom is 0.338 e. The number of hydrogen-bond acceptors (Lipinski definition) is 5. The molecule has 23 heavy (non-hydrogen) atoms. The summed E-state index contributed by atoms with van der Waals surface area (Å²) in [5, 5.41) is 2.94. The van der Waals surface area contributed by atoms with E-state index in [1.54, 1.807) is 31.2 Å². The van der Waals surface area contributed by atoms with Gasteiger partial charge in [0.15, 0.2) is 0 Å². The van der Waals surface area contributed by atoms with Crippen LogP contribution in [0.15, 0.2) is 54.6 Å². The van der Waals surface area contributed by atoms with Gasteiger partial charge in [0.2, 0.25) is 0 Å². The highest BCUT2D eigenvalue weighted by molar-refractivity contribution is 5.90. The quantitative estimate of drug-likeness (QED) is 0.796. The lowest BCUT2D eigenvalue weighted by molar-refractivity contribution is -0.142. The SMILES string of the molecule is CCOC(=O)c1cccc(NCC(=O)OCc2ccccc2)c1. The normalized spacial score (nSPS) is 9.96. The zero-order valence-corrected chi connectivity index (χ0v) is 13.0. The van der Waals surface area contributed by atoms with Crippen molar-refractivity contribution in [3.05, 3.63) is 65.7 Å². The van der Waals surface area contributed by atoms with Crippen molar-refractivity contribution in [1.29, 1.82) is 0 Å². The van der Waals surface area contributed by atoms with Crippen molar-refractivity contribution >= 4 is 17.6 Å². The Morgan fingerprint density at radius 2 is 1.78 bits per heavy atom. The van der Waals surface area contributed by atoms with Crippen LogP contribution in [0.25, 0.3) is 0 Å². The molecule has 2 aromatic carbocycles. The van der Waals surface area contributed by atoms with Crippen molar-refractivity contribution in [2.75, 3.05) is 18.5 Å². The average Bonchev–Trinajstić information content (AvgIpc) is 2.59. The lowest BCUT2D eigenvalue weighted by atomic mass is 10.2. The highest BCUT2D eigenvalue weighted by atomic mass is 16.5. The van der Waals surface area contributed by atoms with Gasteiger partial charge in [-0.1, -0.05) is 36.4 Å². The van der Waals surface area contributed by atoms with Crippen LogP contribution in [-0.4, -0.2) is 25.1 Å². The number of rotatable bonds is 7. The fourth-order valence-electron chi connectivity index (χ4n) is 1.93. The number of hydrogen-bond donors (Lipinski definition) is 1. The van der Waals surface area contributed by atoms with E-state index in [-0.39, 0.29) is 25.1 Å². The molecule has 0 spiro atoms. The Morgan fingerprint density at radius 1 is 1.00 bits per heavy atom. The van der Waals surface area contributed by atoms with E-state index in [4.69, 9.17) is 9.47 Å². The van der Waals surface area contributed by atoms with Gasteiger partial charge in [-0.05, 0) is 30.7 Å². The zero-order chi connectivity index (χ0) is 16.5. The van der Waals surface area contributed by atoms with Crippen molar-refractivity contribution in [2.45, 2.75) is 13.5 Å². The number of carbonyl (C=O) groups excluding carboxylic acids is 2. The van der Waals surface area contributed by atoms with Crippen molar-refractivity contribution in [2.24, 2.45) is 0 Å². The molecule has 120 valence electrons. The Kier molecular flexibility index (Phi) is 6.17. The van der Waals surface area contributed by atoms with E-state index in [0.29, 0.717) is 17.9 Å². The molecule has 0 atom stereocenters. The van der Waals surface area contributed by atoms with E-state index in [1.807, 2.05) is 30.3 Å². The molecule has 0 aliphatic rings. The first kappa shape index (κ1) is 16.5. The van der Waals surface area contributed by atoms with E-state index in [0.717, 1.165) is 5.56 Å². The molecule has 5 heteroatoms. The molecule has 0 radical (unpaired) electrons. The van der Waals surface area contributed by atoms with Gasteiger partial charge in [0.1, 0.15) is 13.2 Å². The summed E-state index contributed by atoms with van der Waals surface area (Å²) in [5.41, 5.74) is 2.03. The highest BCUT2D eigenvalue weighted by Crippen LogP contribution is 2.11. The Balaban J connectivity index is 1.82. The van der Waals surface area contributed by atoms with E-state index >= 15 is 0 Å². The van der Waals surface area contributed by atoms with Crippen LogP contribution in [0.2, 0.25) is 0 Å². The molecule has 0 aliphatic heterocycles. The number of esters is 2. The smallest absolute Gasteiger partial charge is 0.338 e. The average molecular weight is 313 g/mol. The van der Waals surface area contributed by atoms with E-state index in [1.165, 1.54) is 0 Å². The molecule has 0 saturated heterocycles. The van der Waals surface area contributed by atoms with Gasteiger partial charge in [-0.3, -0.25) is 4.79 Å². The first-order chi connectivity index (χ1) is 11.2. The molecule has 1 N–H and O–H groups in total. The molecule has 2 aromatic rings. The third kappa shape index (κ3) is 5.47. The molecule has 0 aliphatic carbocycles. The molecule has 0 unspecified atom stereocenters. The fourth-order valence-corrected chi connectivity index (χ4v) is 1.93. The minimum Gasteiger partial charge on any atom is -0.462 e. The third-order valence-corrected chi connectivity index (χ3v) is 3.05. The van der Waals surface area contributed by atoms with Crippen molar-refractivity contribution in [3.8, 4) is 0 Å². The predicted molar refractivity (Wildman–Crippen MR) is 87.1 cm³/mol. The Morgan fingerprint density at radius 3 is 2.52 bits per heavy atom. The molecule has 0 heterocycles. The Hall–Kier alpha value is -2.82. The van der Waals surface area contributed by atoms with Gasteiger partial charge in [-0.25, -0.2) is 4.79 Å². The lowest BCUT2D eigenvalue weighted by Crippen LogP contribution is -2.17. The van der Waals surface area contributed by atoms with Crippen LogP contribution < -0.4 is 5.32 Å². The van der Waals surface area contributed by atoms with E-state index in [2.05, 4.69) is 5.32 Å². The van der Waals surface area contributed by atoms with E-state index in [9.17, 15) is 9.59 Å². The van der Waals surface area contributed by atoms with Gasteiger partial charge >= 0.3 is 11.9 Å². The summed E-state index contributed by atoms with van der Waals surface area (Å²) in [6.07, 6.45) is 0. The Bertz CT molecular complexity index is 655. The monoisotopic (exact) mass is 313 g/mol. The second kappa shape index (κ2) is 8.58. The maximum absolute atomic E-state index is 11.7. The fraction of sp³-hybridized carbons (Fsp3) is 0.222. The molecular weight excluding hydrogens is 294 g/mol. The van der Waals surface area contributed by atoms with Crippen LogP contribution in [0, 0.1) is 0 Å². The molecule has 0 fully saturated rings. The standard InChI is InChI=1S/C18H19NO4/c1-2-22-18(21)15-9-6-10-16(11-15)19-12-17(20)23-13-14-7-4-3-5-8-14/h3-11,19H,2,12-13H2,1H3. The number of ether oxygens (including phenoxy) is 2. The van der Waals surface area contributed by atoms with Crippen molar-refractivity contribution in [3.63, 3.8) is 0 Å². The minimum absolute atomic E-state index is 0.0269. The lowest BCUT2D eigenvalue weighted by Gasteiger charge is -2.08. The summed E-state index contributed by atoms with van der Waals surface area (Å²) in [4.78, 5) is 23.4. The summed E-state index contributed by atoms with van der Waals surface area (Å²) in [7, 11) is 0. The van der Waals surface area contributed by atoms with Crippen LogP contribution >= 0.6 is 0 Å². The largest absolute Gasteiger partial charge is 0.462 e. The maximum atomic E-state index is 11.7. The van der Waals surface area contributed by atoms with E-state index < -0.39 is 0 Å². The summed E-state index contributed by atoms with van der Waals surface area (Å²) < 4.78 is 10.1. The molecular formula is C18H19NO4. The summed E-state index contributed by atoms with van der Waals surface area (Å²) >= 11 is 0. The molecule has 0 amide bonds. The number of benzene rings is 2. The van der Waals surface area contributed by atoms with Crippen LogP contribution in [0.1, 0.15) is 22.8 Å². The first-order valence-corrected chi connectivity index (χ1v) is 7.39. The minimum atomic E-state index is -0.386. The topological polar surface area (TPSA) is 64.6 Å². The van der Waals surface area contributed by atoms with Gasteiger partial charge < -0.3 is 14.8 Å². The second-order valence-electron chi connectivity index (χ2n) is 4.80. The zero-order valence-electron chi connectivity index (χ0n) is 13.0. The van der Waals surface area contributed by atoms with Crippen molar-refractivity contribution in [1.82, 2.24) is 0 Å². The molecule has 5 nitrogen and oxygen atoms in total. The van der Waals surface area contributed by atoms with Gasteiger partial charge in [-0.2, -0.15) is 0 Å². The Labute approximate surface area is 135 Å². The van der Waals surface area contributed by atoms with Crippen molar-refractivity contribution < 1.29 is 19.1 Å². The molecule has 2 rings (SSSR count). The van der Waals surface area contributed by atoms with Crippen LogP contribution in [0.5, 0.6) is 0 Å². The van der Waals surface area contributed by atoms with Gasteiger partial charge in [0.05, 0.1) is 12.2 Å². The van der Waals surface area contributed by atoms with Gasteiger partial charge in [0.25, 0.3) is 0 Å². The predicted octanol–water partition coefficient (Wildman–Crippen LogP) is 3.02. The first-order valence-electron chi connectivity index (χ1n) is 7.39. The van der Waals surface area contributed by atoms with Gasteiger partial charge in [-0.15, -0.1) is 0 Å². The van der Waals surface area contributed by atoms with Gasteiger partial charge in [0, 0.05) is 5.69 Å². The summed E-state index contributed by atoms with van der Waals surface area (Å²) in [6.45, 7) is 2.34. The number of anilines is 1. The molecule has 0 saturated carbocycles. The highest BCUT2D eigenvalue weighted by Gasteiger charge is 2.08. The van der Waals surface area contributed by atoms with Crippen LogP contribution in [0.4, 0.5) is 5.69 Å². The number of nitrogens with one attached hydrogen (secondary N) is 1. The second-order valence-corrected chi connectivity index (χ2v) is 4.80. The molecule has 0 bridgehead atoms. The van der Waals surface area contributed by atoms with Crippen LogP contribution in [0.3, 0.4) is 0 Å². The summed E-state index contributed by atoms with van der Waals surface area (Å²) in [6, 6.07) is 16.3. The molecule has 0 aromatic heterocycles.